The molecule has 6 rings (SSSR count). The SMILES string of the molecule is CNC(=O)c1cc2c(s1)N(c1ccc(-c3nc(NC)nc4sc(C(=O)NC)cc34)c(C(F)(F)F)c1)C(N)=NC2=C1CC=CC=C1C(F)(F)F. The van der Waals surface area contributed by atoms with Gasteiger partial charge in [0.2, 0.25) is 11.9 Å². The molecular weight excluding hydrogens is 695 g/mol. The number of benzene rings is 1. The number of nitrogens with zero attached hydrogens (tertiary/aromatic N) is 4. The van der Waals surface area contributed by atoms with E-state index >= 15 is 0 Å². The van der Waals surface area contributed by atoms with Gasteiger partial charge in [-0.25, -0.2) is 15.0 Å². The zero-order valence-electron chi connectivity index (χ0n) is 25.6. The zero-order valence-corrected chi connectivity index (χ0v) is 27.2. The van der Waals surface area contributed by atoms with Gasteiger partial charge in [-0.1, -0.05) is 18.2 Å². The van der Waals surface area contributed by atoms with Crippen LogP contribution >= 0.6 is 22.7 Å². The van der Waals surface area contributed by atoms with Crippen molar-refractivity contribution in [2.24, 2.45) is 10.7 Å². The van der Waals surface area contributed by atoms with Crippen molar-refractivity contribution in [3.63, 3.8) is 0 Å². The van der Waals surface area contributed by atoms with Crippen LogP contribution in [0.5, 0.6) is 0 Å². The molecule has 4 aromatic rings. The molecule has 5 N–H and O–H groups in total. The van der Waals surface area contributed by atoms with Crippen molar-refractivity contribution in [1.29, 1.82) is 0 Å². The Bertz CT molecular complexity index is 2160. The molecule has 0 spiro atoms. The van der Waals surface area contributed by atoms with Crippen LogP contribution in [0.3, 0.4) is 0 Å². The largest absolute Gasteiger partial charge is 0.417 e. The van der Waals surface area contributed by atoms with Gasteiger partial charge < -0.3 is 21.7 Å². The molecule has 4 heterocycles. The number of thiophene rings is 2. The number of rotatable bonds is 5. The van der Waals surface area contributed by atoms with Crippen molar-refractivity contribution < 1.29 is 35.9 Å². The van der Waals surface area contributed by atoms with E-state index in [4.69, 9.17) is 5.73 Å². The minimum Gasteiger partial charge on any atom is -0.369 e. The lowest BCUT2D eigenvalue weighted by atomic mass is 9.93. The Morgan fingerprint density at radius 3 is 2.22 bits per heavy atom. The molecule has 10 nitrogen and oxygen atoms in total. The third-order valence-corrected chi connectivity index (χ3v) is 9.75. The number of aromatic nitrogens is 2. The third kappa shape index (κ3) is 6.01. The highest BCUT2D eigenvalue weighted by Crippen LogP contribution is 2.49. The Hall–Kier alpha value is -5.23. The lowest BCUT2D eigenvalue weighted by Crippen LogP contribution is -2.36. The monoisotopic (exact) mass is 718 g/mol. The number of nitrogens with one attached hydrogen (secondary N) is 3. The summed E-state index contributed by atoms with van der Waals surface area (Å²) in [5, 5.41) is 7.96. The Balaban J connectivity index is 1.57. The first-order valence-electron chi connectivity index (χ1n) is 14.3. The summed E-state index contributed by atoms with van der Waals surface area (Å²) in [6, 6.07) is 6.09. The Morgan fingerprint density at radius 1 is 0.898 bits per heavy atom. The standard InChI is InChI=1S/C31H24F6N8O2S2/c1-39-24(46)20-11-16-22(43-29(41-3)44-26(16)48-20)15-9-8-13(10-19(15)31(35,36)37)45-27-17(12-21(49-27)25(47)40-2)23(42-28(45)38)14-6-4-5-7-18(14)30(32,33)34/h4-5,7-12H,6H2,1-3H3,(H2,38,42)(H,39,46)(H,40,47)(H,41,43,44). The lowest BCUT2D eigenvalue weighted by Gasteiger charge is -2.30. The molecule has 2 aliphatic rings. The van der Waals surface area contributed by atoms with Crippen LogP contribution in [-0.2, 0) is 6.18 Å². The number of alkyl halides is 6. The van der Waals surface area contributed by atoms with E-state index in [1.54, 1.807) is 0 Å². The molecule has 0 saturated heterocycles. The Kier molecular flexibility index (Phi) is 8.48. The summed E-state index contributed by atoms with van der Waals surface area (Å²) < 4.78 is 86.8. The van der Waals surface area contributed by atoms with Gasteiger partial charge in [0.15, 0.2) is 0 Å². The molecular formula is C31H24F6N8O2S2. The number of fused-ring (bicyclic) bond motifs is 2. The number of carbonyl (C=O) groups excluding carboxylic acids is 2. The molecule has 0 unspecified atom stereocenters. The summed E-state index contributed by atoms with van der Waals surface area (Å²) in [6.45, 7) is 0. The summed E-state index contributed by atoms with van der Waals surface area (Å²) in [5.41, 5.74) is 3.45. The van der Waals surface area contributed by atoms with E-state index in [0.717, 1.165) is 39.7 Å². The molecule has 2 amide bonds. The number of amides is 2. The summed E-state index contributed by atoms with van der Waals surface area (Å²) in [4.78, 5) is 39.7. The number of nitrogens with two attached hydrogens (primary N) is 1. The lowest BCUT2D eigenvalue weighted by molar-refractivity contribution is -0.137. The van der Waals surface area contributed by atoms with Crippen LogP contribution < -0.4 is 26.6 Å². The second-order valence-electron chi connectivity index (χ2n) is 10.5. The van der Waals surface area contributed by atoms with Gasteiger partial charge in [-0.05, 0) is 42.3 Å². The molecule has 1 aliphatic carbocycles. The van der Waals surface area contributed by atoms with Gasteiger partial charge in [0.25, 0.3) is 11.8 Å². The highest BCUT2D eigenvalue weighted by molar-refractivity contribution is 7.20. The van der Waals surface area contributed by atoms with Gasteiger partial charge >= 0.3 is 12.4 Å². The van der Waals surface area contributed by atoms with Gasteiger partial charge in [0.1, 0.15) is 9.83 Å². The molecule has 0 atom stereocenters. The number of aliphatic imine (C=N–C) groups is 1. The van der Waals surface area contributed by atoms with E-state index in [1.807, 2.05) is 0 Å². The molecule has 0 bridgehead atoms. The Morgan fingerprint density at radius 2 is 1.59 bits per heavy atom. The van der Waals surface area contributed by atoms with E-state index in [0.29, 0.717) is 0 Å². The maximum Gasteiger partial charge on any atom is 0.417 e. The van der Waals surface area contributed by atoms with Crippen molar-refractivity contribution in [3.8, 4) is 11.3 Å². The predicted octanol–water partition coefficient (Wildman–Crippen LogP) is 6.83. The molecule has 254 valence electrons. The maximum absolute atomic E-state index is 14.9. The van der Waals surface area contributed by atoms with Crippen molar-refractivity contribution in [2.75, 3.05) is 31.4 Å². The van der Waals surface area contributed by atoms with Crippen molar-refractivity contribution in [2.45, 2.75) is 18.8 Å². The summed E-state index contributed by atoms with van der Waals surface area (Å²) in [7, 11) is 4.28. The van der Waals surface area contributed by atoms with E-state index < -0.39 is 41.3 Å². The average molecular weight is 719 g/mol. The van der Waals surface area contributed by atoms with Crippen LogP contribution in [0.15, 0.2) is 64.7 Å². The quantitative estimate of drug-likeness (QED) is 0.166. The minimum absolute atomic E-state index is 0.0211. The highest BCUT2D eigenvalue weighted by Gasteiger charge is 2.41. The fraction of sp³-hybridized carbons (Fsp3) is 0.194. The van der Waals surface area contributed by atoms with E-state index in [2.05, 4.69) is 30.9 Å². The first-order chi connectivity index (χ1) is 23.2. The topological polar surface area (TPSA) is 138 Å². The summed E-state index contributed by atoms with van der Waals surface area (Å²) in [5.74, 6) is -1.41. The van der Waals surface area contributed by atoms with Gasteiger partial charge in [-0.2, -0.15) is 26.3 Å². The van der Waals surface area contributed by atoms with Crippen LogP contribution in [0, 0.1) is 0 Å². The first kappa shape index (κ1) is 33.7. The predicted molar refractivity (Wildman–Crippen MR) is 177 cm³/mol. The first-order valence-corrected chi connectivity index (χ1v) is 15.9. The summed E-state index contributed by atoms with van der Waals surface area (Å²) >= 11 is 1.81. The van der Waals surface area contributed by atoms with Gasteiger partial charge in [-0.3, -0.25) is 14.5 Å². The van der Waals surface area contributed by atoms with Crippen LogP contribution in [0.1, 0.15) is 36.9 Å². The molecule has 0 saturated carbocycles. The smallest absolute Gasteiger partial charge is 0.369 e. The second kappa shape index (κ2) is 12.3. The molecule has 1 aliphatic heterocycles. The van der Waals surface area contributed by atoms with Crippen LogP contribution in [0.25, 0.3) is 27.2 Å². The molecule has 0 radical (unpaired) electrons. The molecule has 1 aromatic carbocycles. The Labute approximate surface area is 281 Å². The number of hydrogen-bond donors (Lipinski definition) is 4. The maximum atomic E-state index is 14.9. The number of halogens is 6. The van der Waals surface area contributed by atoms with Crippen molar-refractivity contribution in [3.05, 3.63) is 80.6 Å². The molecule has 18 heteroatoms. The van der Waals surface area contributed by atoms with Crippen molar-refractivity contribution >= 4 is 73.0 Å². The normalized spacial score (nSPS) is 16.3. The average Bonchev–Trinajstić information content (AvgIpc) is 3.71. The highest BCUT2D eigenvalue weighted by atomic mass is 32.1. The van der Waals surface area contributed by atoms with Gasteiger partial charge in [0.05, 0.1) is 38.0 Å². The fourth-order valence-electron chi connectivity index (χ4n) is 5.40. The number of anilines is 3. The fourth-order valence-corrected chi connectivity index (χ4v) is 7.51. The molecule has 3 aromatic heterocycles. The van der Waals surface area contributed by atoms with Crippen molar-refractivity contribution in [1.82, 2.24) is 20.6 Å². The van der Waals surface area contributed by atoms with Gasteiger partial charge in [-0.15, -0.1) is 22.7 Å². The number of allylic oxidation sites excluding steroid dienone is 5. The number of guanidine groups is 1. The minimum atomic E-state index is -4.94. The van der Waals surface area contributed by atoms with E-state index in [-0.39, 0.29) is 71.1 Å². The number of carbonyl (C=O) groups is 2. The van der Waals surface area contributed by atoms with Crippen LogP contribution in [0.2, 0.25) is 0 Å². The summed E-state index contributed by atoms with van der Waals surface area (Å²) in [6.07, 6.45) is -6.16. The van der Waals surface area contributed by atoms with Crippen LogP contribution in [-0.4, -0.2) is 55.1 Å². The second-order valence-corrected chi connectivity index (χ2v) is 12.6. The third-order valence-electron chi connectivity index (χ3n) is 7.60. The zero-order chi connectivity index (χ0) is 35.4. The van der Waals surface area contributed by atoms with Gasteiger partial charge in [0, 0.05) is 37.7 Å². The molecule has 49 heavy (non-hydrogen) atoms. The van der Waals surface area contributed by atoms with E-state index in [9.17, 15) is 35.9 Å². The molecule has 0 fully saturated rings. The van der Waals surface area contributed by atoms with E-state index in [1.165, 1.54) is 57.6 Å². The number of hydrogen-bond acceptors (Lipinski definition) is 10. The van der Waals surface area contributed by atoms with Crippen LogP contribution in [0.4, 0.5) is 43.0 Å².